The number of benzene rings is 1. The van der Waals surface area contributed by atoms with Gasteiger partial charge in [-0.05, 0) is 31.0 Å². The van der Waals surface area contributed by atoms with E-state index < -0.39 is 0 Å². The second-order valence-electron chi connectivity index (χ2n) is 6.31. The molecule has 128 valence electrons. The Morgan fingerprint density at radius 2 is 2.12 bits per heavy atom. The fourth-order valence-electron chi connectivity index (χ4n) is 2.58. The van der Waals surface area contributed by atoms with Crippen LogP contribution in [0.25, 0.3) is 0 Å². The van der Waals surface area contributed by atoms with Crippen molar-refractivity contribution < 1.29 is 13.9 Å². The number of aromatic nitrogens is 2. The fourth-order valence-corrected chi connectivity index (χ4v) is 2.58. The Morgan fingerprint density at radius 1 is 1.29 bits per heavy atom. The molecule has 7 heteroatoms. The first-order valence-corrected chi connectivity index (χ1v) is 8.16. The molecular formula is C17H22N4O3. The first kappa shape index (κ1) is 16.3. The first-order chi connectivity index (χ1) is 11.5. The van der Waals surface area contributed by atoms with Crippen LogP contribution >= 0.6 is 0 Å². The third-order valence-corrected chi connectivity index (χ3v) is 3.74. The summed E-state index contributed by atoms with van der Waals surface area (Å²) in [5, 5.41) is 11.5. The molecule has 1 N–H and O–H groups in total. The van der Waals surface area contributed by atoms with Crippen LogP contribution in [0.5, 0.6) is 0 Å². The minimum atomic E-state index is -0.310. The summed E-state index contributed by atoms with van der Waals surface area (Å²) >= 11 is 0. The Kier molecular flexibility index (Phi) is 4.69. The molecule has 1 amide bonds. The molecule has 7 nitrogen and oxygen atoms in total. The third kappa shape index (κ3) is 3.67. The largest absolute Gasteiger partial charge is 0.447 e. The SMILES string of the molecule is CC(C)Cc1nnc([C@@H](C)Nc2cccc(N3CCOC3=O)c2)o1. The van der Waals surface area contributed by atoms with Gasteiger partial charge in [-0.25, -0.2) is 4.79 Å². The van der Waals surface area contributed by atoms with Crippen LogP contribution in [0, 0.1) is 5.92 Å². The van der Waals surface area contributed by atoms with Crippen molar-refractivity contribution in [2.75, 3.05) is 23.4 Å². The van der Waals surface area contributed by atoms with Crippen molar-refractivity contribution in [3.8, 4) is 0 Å². The van der Waals surface area contributed by atoms with Crippen molar-refractivity contribution in [1.29, 1.82) is 0 Å². The van der Waals surface area contributed by atoms with Crippen molar-refractivity contribution in [3.63, 3.8) is 0 Å². The minimum Gasteiger partial charge on any atom is -0.447 e. The van der Waals surface area contributed by atoms with Gasteiger partial charge in [-0.15, -0.1) is 10.2 Å². The van der Waals surface area contributed by atoms with E-state index in [4.69, 9.17) is 9.15 Å². The summed E-state index contributed by atoms with van der Waals surface area (Å²) < 4.78 is 10.7. The average molecular weight is 330 g/mol. The predicted molar refractivity (Wildman–Crippen MR) is 90.0 cm³/mol. The van der Waals surface area contributed by atoms with Crippen molar-refractivity contribution in [2.24, 2.45) is 5.92 Å². The van der Waals surface area contributed by atoms with Crippen LogP contribution in [-0.2, 0) is 11.2 Å². The number of hydrogen-bond acceptors (Lipinski definition) is 6. The summed E-state index contributed by atoms with van der Waals surface area (Å²) in [5.74, 6) is 1.68. The van der Waals surface area contributed by atoms with Gasteiger partial charge in [0.15, 0.2) is 0 Å². The number of anilines is 2. The van der Waals surface area contributed by atoms with Crippen molar-refractivity contribution in [3.05, 3.63) is 36.0 Å². The van der Waals surface area contributed by atoms with E-state index >= 15 is 0 Å². The van der Waals surface area contributed by atoms with Gasteiger partial charge >= 0.3 is 6.09 Å². The highest BCUT2D eigenvalue weighted by atomic mass is 16.6. The zero-order chi connectivity index (χ0) is 17.1. The molecule has 3 rings (SSSR count). The van der Waals surface area contributed by atoms with E-state index in [-0.39, 0.29) is 12.1 Å². The number of carbonyl (C=O) groups excluding carboxylic acids is 1. The quantitative estimate of drug-likeness (QED) is 0.874. The Labute approximate surface area is 141 Å². The maximum absolute atomic E-state index is 11.7. The van der Waals surface area contributed by atoms with Gasteiger partial charge in [-0.1, -0.05) is 19.9 Å². The molecule has 0 radical (unpaired) electrons. The van der Waals surface area contributed by atoms with Gasteiger partial charge in [0.1, 0.15) is 12.6 Å². The van der Waals surface area contributed by atoms with Crippen LogP contribution < -0.4 is 10.2 Å². The molecule has 0 unspecified atom stereocenters. The molecular weight excluding hydrogens is 308 g/mol. The molecule has 1 aliphatic heterocycles. The summed E-state index contributed by atoms with van der Waals surface area (Å²) in [7, 11) is 0. The molecule has 0 spiro atoms. The first-order valence-electron chi connectivity index (χ1n) is 8.16. The van der Waals surface area contributed by atoms with E-state index in [9.17, 15) is 4.79 Å². The van der Waals surface area contributed by atoms with E-state index in [2.05, 4.69) is 29.4 Å². The maximum atomic E-state index is 11.7. The topological polar surface area (TPSA) is 80.5 Å². The molecule has 0 aliphatic carbocycles. The molecule has 1 aromatic heterocycles. The number of carbonyl (C=O) groups is 1. The lowest BCUT2D eigenvalue weighted by atomic mass is 10.1. The molecule has 24 heavy (non-hydrogen) atoms. The molecule has 0 saturated carbocycles. The molecule has 1 fully saturated rings. The highest BCUT2D eigenvalue weighted by molar-refractivity contribution is 5.89. The molecule has 1 aliphatic rings. The van der Waals surface area contributed by atoms with Crippen LogP contribution in [0.3, 0.4) is 0 Å². The Balaban J connectivity index is 1.69. The van der Waals surface area contributed by atoms with Crippen LogP contribution in [0.15, 0.2) is 28.7 Å². The Bertz CT molecular complexity index is 713. The Morgan fingerprint density at radius 3 is 2.83 bits per heavy atom. The second-order valence-corrected chi connectivity index (χ2v) is 6.31. The second kappa shape index (κ2) is 6.90. The number of nitrogens with one attached hydrogen (secondary N) is 1. The van der Waals surface area contributed by atoms with Gasteiger partial charge in [0.2, 0.25) is 11.8 Å². The van der Waals surface area contributed by atoms with Crippen LogP contribution in [0.2, 0.25) is 0 Å². The summed E-state index contributed by atoms with van der Waals surface area (Å²) in [5.41, 5.74) is 1.68. The molecule has 0 bridgehead atoms. The summed E-state index contributed by atoms with van der Waals surface area (Å²) in [6.07, 6.45) is 0.460. The minimum absolute atomic E-state index is 0.126. The molecule has 1 atom stereocenters. The summed E-state index contributed by atoms with van der Waals surface area (Å²) in [6.45, 7) is 7.18. The lowest BCUT2D eigenvalue weighted by molar-refractivity contribution is 0.181. The van der Waals surface area contributed by atoms with Crippen molar-refractivity contribution in [1.82, 2.24) is 10.2 Å². The average Bonchev–Trinajstić information content (AvgIpc) is 3.16. The van der Waals surface area contributed by atoms with Crippen molar-refractivity contribution >= 4 is 17.5 Å². The normalized spacial score (nSPS) is 15.7. The number of rotatable bonds is 6. The Hall–Kier alpha value is -2.57. The number of hydrogen-bond donors (Lipinski definition) is 1. The summed E-state index contributed by atoms with van der Waals surface area (Å²) in [6, 6.07) is 7.50. The van der Waals surface area contributed by atoms with Gasteiger partial charge in [-0.3, -0.25) is 4.90 Å². The highest BCUT2D eigenvalue weighted by Gasteiger charge is 2.23. The molecule has 1 saturated heterocycles. The van der Waals surface area contributed by atoms with Gasteiger partial charge in [0.05, 0.1) is 6.54 Å². The fraction of sp³-hybridized carbons (Fsp3) is 0.471. The van der Waals surface area contributed by atoms with Crippen molar-refractivity contribution in [2.45, 2.75) is 33.2 Å². The predicted octanol–water partition coefficient (Wildman–Crippen LogP) is 3.40. The van der Waals surface area contributed by atoms with E-state index in [1.54, 1.807) is 4.90 Å². The van der Waals surface area contributed by atoms with E-state index in [1.165, 1.54) is 0 Å². The van der Waals surface area contributed by atoms with Gasteiger partial charge in [0, 0.05) is 17.8 Å². The van der Waals surface area contributed by atoms with Crippen LogP contribution in [-0.4, -0.2) is 29.4 Å². The molecule has 1 aromatic carbocycles. The van der Waals surface area contributed by atoms with Crippen LogP contribution in [0.1, 0.15) is 38.6 Å². The van der Waals surface area contributed by atoms with Crippen LogP contribution in [0.4, 0.5) is 16.2 Å². The number of amides is 1. The number of cyclic esters (lactones) is 1. The highest BCUT2D eigenvalue weighted by Crippen LogP contribution is 2.25. The smallest absolute Gasteiger partial charge is 0.414 e. The molecule has 2 aromatic rings. The lowest BCUT2D eigenvalue weighted by Crippen LogP contribution is -2.23. The lowest BCUT2D eigenvalue weighted by Gasteiger charge is -2.16. The number of ether oxygens (including phenoxy) is 1. The van der Waals surface area contributed by atoms with E-state index in [1.807, 2.05) is 31.2 Å². The maximum Gasteiger partial charge on any atom is 0.414 e. The third-order valence-electron chi connectivity index (χ3n) is 3.74. The number of nitrogens with zero attached hydrogens (tertiary/aromatic N) is 3. The zero-order valence-electron chi connectivity index (χ0n) is 14.2. The van der Waals surface area contributed by atoms with Gasteiger partial charge in [0.25, 0.3) is 0 Å². The monoisotopic (exact) mass is 330 g/mol. The standard InChI is InChI=1S/C17H22N4O3/c1-11(2)9-15-19-20-16(24-15)12(3)18-13-5-4-6-14(10-13)21-7-8-23-17(21)22/h4-6,10-12,18H,7-9H2,1-3H3/t12-/m1/s1. The van der Waals surface area contributed by atoms with E-state index in [0.717, 1.165) is 17.8 Å². The molecule has 2 heterocycles. The summed E-state index contributed by atoms with van der Waals surface area (Å²) in [4.78, 5) is 13.3. The van der Waals surface area contributed by atoms with E-state index in [0.29, 0.717) is 30.9 Å². The zero-order valence-corrected chi connectivity index (χ0v) is 14.2. The van der Waals surface area contributed by atoms with Gasteiger partial charge < -0.3 is 14.5 Å². The van der Waals surface area contributed by atoms with Gasteiger partial charge in [-0.2, -0.15) is 0 Å².